The lowest BCUT2D eigenvalue weighted by Crippen LogP contribution is -2.27. The van der Waals surface area contributed by atoms with Crippen LogP contribution in [0.4, 0.5) is 5.69 Å². The third kappa shape index (κ3) is 2.28. The van der Waals surface area contributed by atoms with Gasteiger partial charge in [-0.05, 0) is 23.8 Å². The van der Waals surface area contributed by atoms with Gasteiger partial charge in [-0.25, -0.2) is 0 Å². The number of hydrogen-bond acceptors (Lipinski definition) is 2. The summed E-state index contributed by atoms with van der Waals surface area (Å²) in [7, 11) is 1.77. The average Bonchev–Trinajstić information content (AvgIpc) is 2.91. The number of aromatic nitrogens is 2. The number of para-hydroxylation sites is 1. The average molecular weight is 265 g/mol. The van der Waals surface area contributed by atoms with Crippen LogP contribution in [-0.4, -0.2) is 22.9 Å². The van der Waals surface area contributed by atoms with Gasteiger partial charge in [0.25, 0.3) is 0 Å². The number of carbonyl (C=O) groups excluding carboxylic acids is 1. The molecule has 4 heteroatoms. The Hall–Kier alpha value is -2.62. The molecule has 0 bridgehead atoms. The topological polar surface area (TPSA) is 49.0 Å². The van der Waals surface area contributed by atoms with Crippen LogP contribution in [-0.2, 0) is 11.2 Å². The summed E-state index contributed by atoms with van der Waals surface area (Å²) in [6, 6.07) is 11.7. The molecule has 100 valence electrons. The van der Waals surface area contributed by atoms with Crippen LogP contribution in [0.15, 0.2) is 55.0 Å². The van der Waals surface area contributed by atoms with Crippen molar-refractivity contribution >= 4 is 22.5 Å². The van der Waals surface area contributed by atoms with Crippen LogP contribution in [0.2, 0.25) is 0 Å². The molecule has 0 unspecified atom stereocenters. The van der Waals surface area contributed by atoms with Crippen LogP contribution in [0.1, 0.15) is 5.56 Å². The van der Waals surface area contributed by atoms with Gasteiger partial charge in [0.05, 0.1) is 18.3 Å². The maximum absolute atomic E-state index is 12.3. The van der Waals surface area contributed by atoms with Gasteiger partial charge in [-0.3, -0.25) is 9.78 Å². The molecular formula is C16H15N3O. The molecule has 0 atom stereocenters. The molecule has 0 radical (unpaired) electrons. The number of anilines is 1. The van der Waals surface area contributed by atoms with E-state index in [-0.39, 0.29) is 5.91 Å². The number of rotatable bonds is 3. The van der Waals surface area contributed by atoms with E-state index < -0.39 is 0 Å². The van der Waals surface area contributed by atoms with Gasteiger partial charge in [-0.1, -0.05) is 18.2 Å². The second kappa shape index (κ2) is 5.17. The van der Waals surface area contributed by atoms with Crippen LogP contribution in [0.3, 0.4) is 0 Å². The van der Waals surface area contributed by atoms with E-state index in [2.05, 4.69) is 9.97 Å². The van der Waals surface area contributed by atoms with Crippen LogP contribution in [0.5, 0.6) is 0 Å². The van der Waals surface area contributed by atoms with E-state index in [1.807, 2.05) is 42.6 Å². The normalized spacial score (nSPS) is 10.7. The highest BCUT2D eigenvalue weighted by atomic mass is 16.2. The Bertz CT molecular complexity index is 734. The highest BCUT2D eigenvalue weighted by Gasteiger charge is 2.14. The fraction of sp³-hybridized carbons (Fsp3) is 0.125. The van der Waals surface area contributed by atoms with Crippen molar-refractivity contribution in [2.24, 2.45) is 0 Å². The van der Waals surface area contributed by atoms with Crippen molar-refractivity contribution in [3.63, 3.8) is 0 Å². The Morgan fingerprint density at radius 2 is 2.10 bits per heavy atom. The molecule has 0 saturated heterocycles. The maximum atomic E-state index is 12.3. The van der Waals surface area contributed by atoms with Crippen molar-refractivity contribution in [1.82, 2.24) is 9.97 Å². The number of H-pyrrole nitrogens is 1. The number of carbonyl (C=O) groups is 1. The summed E-state index contributed by atoms with van der Waals surface area (Å²) in [6.45, 7) is 0. The van der Waals surface area contributed by atoms with E-state index in [1.165, 1.54) is 0 Å². The van der Waals surface area contributed by atoms with Gasteiger partial charge in [0.15, 0.2) is 0 Å². The number of likely N-dealkylation sites (N-methyl/N-ethyl adjacent to an activating group) is 1. The molecule has 2 aromatic heterocycles. The first-order chi connectivity index (χ1) is 9.75. The number of nitrogens with one attached hydrogen (secondary N) is 1. The van der Waals surface area contributed by atoms with Crippen molar-refractivity contribution in [3.8, 4) is 0 Å². The summed E-state index contributed by atoms with van der Waals surface area (Å²) in [6.07, 6.45) is 5.66. The Morgan fingerprint density at radius 3 is 2.90 bits per heavy atom. The molecule has 4 nitrogen and oxygen atoms in total. The van der Waals surface area contributed by atoms with E-state index in [1.54, 1.807) is 24.3 Å². The highest BCUT2D eigenvalue weighted by molar-refractivity contribution is 5.97. The summed E-state index contributed by atoms with van der Waals surface area (Å²) in [5, 5.41) is 1.10. The predicted molar refractivity (Wildman–Crippen MR) is 79.6 cm³/mol. The molecule has 0 aliphatic rings. The van der Waals surface area contributed by atoms with Crippen LogP contribution < -0.4 is 4.90 Å². The summed E-state index contributed by atoms with van der Waals surface area (Å²) in [4.78, 5) is 21.2. The molecule has 0 aliphatic carbocycles. The van der Waals surface area contributed by atoms with E-state index >= 15 is 0 Å². The zero-order chi connectivity index (χ0) is 13.9. The van der Waals surface area contributed by atoms with Crippen LogP contribution in [0.25, 0.3) is 10.9 Å². The molecule has 1 aromatic carbocycles. The number of benzene rings is 1. The molecule has 0 fully saturated rings. The second-order valence-electron chi connectivity index (χ2n) is 4.70. The Balaban J connectivity index is 1.82. The maximum Gasteiger partial charge on any atom is 0.231 e. The van der Waals surface area contributed by atoms with Gasteiger partial charge in [0.1, 0.15) is 0 Å². The molecule has 2 heterocycles. The summed E-state index contributed by atoms with van der Waals surface area (Å²) >= 11 is 0. The minimum absolute atomic E-state index is 0.0442. The molecule has 0 aliphatic heterocycles. The molecule has 3 rings (SSSR count). The molecule has 0 spiro atoms. The minimum atomic E-state index is 0.0442. The number of fused-ring (bicyclic) bond motifs is 1. The summed E-state index contributed by atoms with van der Waals surface area (Å²) in [5.74, 6) is 0.0442. The summed E-state index contributed by atoms with van der Waals surface area (Å²) in [5.41, 5.74) is 2.87. The lowest BCUT2D eigenvalue weighted by atomic mass is 10.1. The zero-order valence-corrected chi connectivity index (χ0v) is 11.2. The second-order valence-corrected chi connectivity index (χ2v) is 4.70. The summed E-state index contributed by atoms with van der Waals surface area (Å²) < 4.78 is 0. The van der Waals surface area contributed by atoms with Gasteiger partial charge in [-0.15, -0.1) is 0 Å². The zero-order valence-electron chi connectivity index (χ0n) is 11.2. The minimum Gasteiger partial charge on any atom is -0.361 e. The Labute approximate surface area is 117 Å². The lowest BCUT2D eigenvalue weighted by Gasteiger charge is -2.16. The number of amides is 1. The standard InChI is InChI=1S/C16H15N3O/c1-19(13-5-4-8-17-11-13)16(20)9-12-10-18-15-7-3-2-6-14(12)15/h2-8,10-11,18H,9H2,1H3. The number of aromatic amines is 1. The Morgan fingerprint density at radius 1 is 1.25 bits per heavy atom. The van der Waals surface area contributed by atoms with Crippen molar-refractivity contribution in [2.45, 2.75) is 6.42 Å². The van der Waals surface area contributed by atoms with Gasteiger partial charge >= 0.3 is 0 Å². The number of hydrogen-bond donors (Lipinski definition) is 1. The van der Waals surface area contributed by atoms with Gasteiger partial charge in [0, 0.05) is 30.3 Å². The fourth-order valence-electron chi connectivity index (χ4n) is 2.26. The van der Waals surface area contributed by atoms with E-state index in [0.717, 1.165) is 22.2 Å². The molecule has 1 amide bonds. The smallest absolute Gasteiger partial charge is 0.231 e. The monoisotopic (exact) mass is 265 g/mol. The molecule has 3 aromatic rings. The van der Waals surface area contributed by atoms with Crippen LogP contribution in [0, 0.1) is 0 Å². The first-order valence-electron chi connectivity index (χ1n) is 6.47. The lowest BCUT2D eigenvalue weighted by molar-refractivity contribution is -0.117. The molecule has 20 heavy (non-hydrogen) atoms. The van der Waals surface area contributed by atoms with Gasteiger partial charge < -0.3 is 9.88 Å². The SMILES string of the molecule is CN(C(=O)Cc1c[nH]c2ccccc12)c1cccnc1. The predicted octanol–water partition coefficient (Wildman–Crippen LogP) is 2.77. The molecular weight excluding hydrogens is 250 g/mol. The third-order valence-corrected chi connectivity index (χ3v) is 3.42. The van der Waals surface area contributed by atoms with E-state index in [9.17, 15) is 4.79 Å². The van der Waals surface area contributed by atoms with E-state index in [4.69, 9.17) is 0 Å². The molecule has 0 saturated carbocycles. The first-order valence-corrected chi connectivity index (χ1v) is 6.47. The van der Waals surface area contributed by atoms with Gasteiger partial charge in [-0.2, -0.15) is 0 Å². The quantitative estimate of drug-likeness (QED) is 0.791. The van der Waals surface area contributed by atoms with Crippen LogP contribution >= 0.6 is 0 Å². The van der Waals surface area contributed by atoms with Crippen molar-refractivity contribution in [3.05, 3.63) is 60.6 Å². The third-order valence-electron chi connectivity index (χ3n) is 3.42. The molecule has 1 N–H and O–H groups in total. The highest BCUT2D eigenvalue weighted by Crippen LogP contribution is 2.19. The van der Waals surface area contributed by atoms with Crippen molar-refractivity contribution in [2.75, 3.05) is 11.9 Å². The number of nitrogens with zero attached hydrogens (tertiary/aromatic N) is 2. The van der Waals surface area contributed by atoms with E-state index in [0.29, 0.717) is 6.42 Å². The largest absolute Gasteiger partial charge is 0.361 e. The first kappa shape index (κ1) is 12.4. The van der Waals surface area contributed by atoms with Crippen molar-refractivity contribution < 1.29 is 4.79 Å². The Kier molecular flexibility index (Phi) is 3.21. The number of pyridine rings is 1. The van der Waals surface area contributed by atoms with Gasteiger partial charge in [0.2, 0.25) is 5.91 Å². The fourth-order valence-corrected chi connectivity index (χ4v) is 2.26. The van der Waals surface area contributed by atoms with Crippen molar-refractivity contribution in [1.29, 1.82) is 0 Å².